The highest BCUT2D eigenvalue weighted by atomic mass is 32.1. The van der Waals surface area contributed by atoms with Crippen molar-refractivity contribution in [1.29, 1.82) is 0 Å². The second-order valence-electron chi connectivity index (χ2n) is 7.80. The summed E-state index contributed by atoms with van der Waals surface area (Å²) in [4.78, 5) is 10.6. The molecule has 10 heteroatoms. The summed E-state index contributed by atoms with van der Waals surface area (Å²) in [6.07, 6.45) is 1.37. The van der Waals surface area contributed by atoms with Gasteiger partial charge in [-0.3, -0.25) is 0 Å². The van der Waals surface area contributed by atoms with E-state index >= 15 is 0 Å². The largest absolute Gasteiger partial charge is 0.488 e. The van der Waals surface area contributed by atoms with Crippen molar-refractivity contribution in [1.82, 2.24) is 19.7 Å². The average Bonchev–Trinajstić information content (AvgIpc) is 3.42. The summed E-state index contributed by atoms with van der Waals surface area (Å²) in [5.74, 6) is 1.08. The lowest BCUT2D eigenvalue weighted by molar-refractivity contribution is 0.271. The summed E-state index contributed by atoms with van der Waals surface area (Å²) in [6.45, 7) is 2.59. The number of nitrogen functional groups attached to an aromatic ring is 1. The molecule has 0 aliphatic carbocycles. The predicted octanol–water partition coefficient (Wildman–Crippen LogP) is 4.95. The van der Waals surface area contributed by atoms with Gasteiger partial charge in [0.15, 0.2) is 5.65 Å². The number of benzene rings is 2. The van der Waals surface area contributed by atoms with Gasteiger partial charge in [-0.2, -0.15) is 5.10 Å². The smallest absolute Gasteiger partial charge is 0.164 e. The predicted molar refractivity (Wildman–Crippen MR) is 132 cm³/mol. The Morgan fingerprint density at radius 3 is 2.57 bits per heavy atom. The van der Waals surface area contributed by atoms with Gasteiger partial charge in [0.05, 0.1) is 18.5 Å². The number of fused-ring (bicyclic) bond motifs is 1. The second-order valence-corrected chi connectivity index (χ2v) is 9.18. The maximum Gasteiger partial charge on any atom is 0.164 e. The molecule has 178 valence electrons. The van der Waals surface area contributed by atoms with Gasteiger partial charge in [-0.1, -0.05) is 0 Å². The first kappa shape index (κ1) is 22.8. The van der Waals surface area contributed by atoms with Gasteiger partial charge in [-0.25, -0.2) is 19.0 Å². The molecule has 8 nitrogen and oxygen atoms in total. The number of aliphatic hydroxyl groups excluding tert-OH is 1. The van der Waals surface area contributed by atoms with Crippen molar-refractivity contribution in [2.75, 3.05) is 12.3 Å². The van der Waals surface area contributed by atoms with Gasteiger partial charge in [-0.15, -0.1) is 11.3 Å². The molecule has 0 aliphatic rings. The van der Waals surface area contributed by atoms with Gasteiger partial charge in [-0.05, 0) is 43.3 Å². The van der Waals surface area contributed by atoms with Crippen LogP contribution in [-0.4, -0.2) is 31.5 Å². The molecule has 0 amide bonds. The minimum Gasteiger partial charge on any atom is -0.488 e. The first-order valence-corrected chi connectivity index (χ1v) is 11.7. The van der Waals surface area contributed by atoms with Crippen LogP contribution in [0.4, 0.5) is 10.2 Å². The quantitative estimate of drug-likeness (QED) is 0.316. The molecule has 2 aromatic carbocycles. The van der Waals surface area contributed by atoms with E-state index in [1.54, 1.807) is 34.2 Å². The number of aryl methyl sites for hydroxylation is 1. The lowest BCUT2D eigenvalue weighted by atomic mass is 10.1. The number of hydrogen-bond acceptors (Lipinski definition) is 8. The third kappa shape index (κ3) is 4.93. The molecule has 5 aromatic rings. The molecule has 35 heavy (non-hydrogen) atoms. The fourth-order valence-electron chi connectivity index (χ4n) is 3.70. The van der Waals surface area contributed by atoms with Crippen molar-refractivity contribution in [2.24, 2.45) is 0 Å². The fourth-order valence-corrected chi connectivity index (χ4v) is 4.50. The third-order valence-electron chi connectivity index (χ3n) is 5.26. The summed E-state index contributed by atoms with van der Waals surface area (Å²) in [7, 11) is 0. The highest BCUT2D eigenvalue weighted by Crippen LogP contribution is 2.33. The molecule has 0 atom stereocenters. The van der Waals surface area contributed by atoms with Crippen LogP contribution in [0.15, 0.2) is 60.9 Å². The molecular weight excluding hydrogens is 469 g/mol. The first-order chi connectivity index (χ1) is 17.0. The van der Waals surface area contributed by atoms with Crippen LogP contribution in [0.1, 0.15) is 9.75 Å². The topological polar surface area (TPSA) is 108 Å². The number of rotatable bonds is 8. The lowest BCUT2D eigenvalue weighted by Gasteiger charge is -2.10. The number of aliphatic hydroxyl groups is 1. The zero-order valence-electron chi connectivity index (χ0n) is 18.8. The van der Waals surface area contributed by atoms with Crippen LogP contribution in [0.5, 0.6) is 17.2 Å². The van der Waals surface area contributed by atoms with E-state index in [9.17, 15) is 9.50 Å². The number of halogens is 1. The highest BCUT2D eigenvalue weighted by Gasteiger charge is 2.17. The minimum atomic E-state index is -0.451. The van der Waals surface area contributed by atoms with Crippen LogP contribution in [0.3, 0.4) is 0 Å². The van der Waals surface area contributed by atoms with Crippen molar-refractivity contribution >= 4 is 28.2 Å². The van der Waals surface area contributed by atoms with Crippen molar-refractivity contribution in [3.8, 4) is 28.5 Å². The van der Waals surface area contributed by atoms with E-state index in [0.717, 1.165) is 10.4 Å². The Bertz CT molecular complexity index is 1480. The zero-order chi connectivity index (χ0) is 24.4. The van der Waals surface area contributed by atoms with Crippen LogP contribution in [0.2, 0.25) is 0 Å². The molecule has 0 saturated carbocycles. The molecule has 5 rings (SSSR count). The second kappa shape index (κ2) is 9.69. The van der Waals surface area contributed by atoms with E-state index in [2.05, 4.69) is 15.1 Å². The molecule has 3 N–H and O–H groups in total. The molecule has 0 bridgehead atoms. The highest BCUT2D eigenvalue weighted by molar-refractivity contribution is 7.11. The molecule has 3 heterocycles. The van der Waals surface area contributed by atoms with Crippen LogP contribution in [0.25, 0.3) is 22.3 Å². The van der Waals surface area contributed by atoms with Crippen LogP contribution in [-0.2, 0) is 13.2 Å². The Hall–Kier alpha value is -4.02. The molecule has 0 fully saturated rings. The van der Waals surface area contributed by atoms with Gasteiger partial charge in [0.1, 0.15) is 47.5 Å². The molecule has 0 saturated heterocycles. The summed E-state index contributed by atoms with van der Waals surface area (Å²) in [5.41, 5.74) is 8.01. The first-order valence-electron chi connectivity index (χ1n) is 10.8. The number of hydrogen-bond donors (Lipinski definition) is 2. The van der Waals surface area contributed by atoms with Gasteiger partial charge in [0.2, 0.25) is 0 Å². The summed E-state index contributed by atoms with van der Waals surface area (Å²) < 4.78 is 27.4. The Morgan fingerprint density at radius 2 is 1.83 bits per heavy atom. The number of nitrogens with two attached hydrogens (primary N) is 1. The van der Waals surface area contributed by atoms with E-state index in [1.807, 2.05) is 31.2 Å². The summed E-state index contributed by atoms with van der Waals surface area (Å²) in [5, 5.41) is 14.5. The maximum absolute atomic E-state index is 14.2. The number of aromatic nitrogens is 4. The monoisotopic (exact) mass is 491 g/mol. The van der Waals surface area contributed by atoms with E-state index in [1.165, 1.54) is 23.3 Å². The Labute approximate surface area is 204 Å². The average molecular weight is 492 g/mol. The van der Waals surface area contributed by atoms with Gasteiger partial charge in [0.25, 0.3) is 0 Å². The maximum atomic E-state index is 14.2. The van der Waals surface area contributed by atoms with E-state index in [0.29, 0.717) is 46.4 Å². The van der Waals surface area contributed by atoms with E-state index in [4.69, 9.17) is 15.2 Å². The molecule has 0 unspecified atom stereocenters. The van der Waals surface area contributed by atoms with Gasteiger partial charge in [0, 0.05) is 33.5 Å². The fraction of sp³-hybridized carbons (Fsp3) is 0.160. The number of ether oxygens (including phenoxy) is 2. The Morgan fingerprint density at radius 1 is 1.03 bits per heavy atom. The Balaban J connectivity index is 1.36. The normalized spacial score (nSPS) is 11.2. The zero-order valence-corrected chi connectivity index (χ0v) is 19.6. The van der Waals surface area contributed by atoms with E-state index in [-0.39, 0.29) is 13.2 Å². The third-order valence-corrected chi connectivity index (χ3v) is 6.23. The SMILES string of the molecule is Cc1ccc(COc2cc(F)cc(Oc3ccc(-c4nn(CCO)c5ncnc(N)c45)cc3)c2)s1. The summed E-state index contributed by atoms with van der Waals surface area (Å²) >= 11 is 1.64. The van der Waals surface area contributed by atoms with Gasteiger partial charge < -0.3 is 20.3 Å². The number of anilines is 1. The van der Waals surface area contributed by atoms with Crippen molar-refractivity contribution in [3.05, 3.63) is 76.5 Å². The molecule has 0 spiro atoms. The van der Waals surface area contributed by atoms with Crippen molar-refractivity contribution < 1.29 is 19.0 Å². The number of thiophene rings is 1. The van der Waals surface area contributed by atoms with Crippen LogP contribution < -0.4 is 15.2 Å². The molecule has 0 aliphatic heterocycles. The van der Waals surface area contributed by atoms with Crippen LogP contribution in [0, 0.1) is 12.7 Å². The van der Waals surface area contributed by atoms with Crippen LogP contribution >= 0.6 is 11.3 Å². The lowest BCUT2D eigenvalue weighted by Crippen LogP contribution is -2.05. The van der Waals surface area contributed by atoms with Gasteiger partial charge >= 0.3 is 0 Å². The molecule has 3 aromatic heterocycles. The molecule has 0 radical (unpaired) electrons. The van der Waals surface area contributed by atoms with Crippen molar-refractivity contribution in [2.45, 2.75) is 20.1 Å². The summed E-state index contributed by atoms with van der Waals surface area (Å²) in [6, 6.07) is 15.5. The Kier molecular flexibility index (Phi) is 6.30. The number of nitrogens with zero attached hydrogens (tertiary/aromatic N) is 4. The minimum absolute atomic E-state index is 0.0841. The standard InChI is InChI=1S/C25H22FN5O3S/c1-15-2-7-21(35-15)13-33-19-10-17(26)11-20(12-19)34-18-5-3-16(4-6-18)23-22-24(27)28-14-29-25(22)31(30-23)8-9-32/h2-7,10-12,14,32H,8-9,13H2,1H3,(H2,27,28,29). The molecular formula is C25H22FN5O3S. The van der Waals surface area contributed by atoms with E-state index < -0.39 is 5.82 Å². The van der Waals surface area contributed by atoms with Crippen molar-refractivity contribution in [3.63, 3.8) is 0 Å².